The van der Waals surface area contributed by atoms with E-state index in [0.717, 1.165) is 31.9 Å². The predicted octanol–water partition coefficient (Wildman–Crippen LogP) is 0.990. The fourth-order valence-electron chi connectivity index (χ4n) is 1.69. The maximum Gasteiger partial charge on any atom is 0.243 e. The smallest absolute Gasteiger partial charge is 0.243 e. The van der Waals surface area contributed by atoms with Gasteiger partial charge in [-0.3, -0.25) is 0 Å². The molecule has 0 radical (unpaired) electrons. The summed E-state index contributed by atoms with van der Waals surface area (Å²) in [6.07, 6.45) is 1.48. The first-order valence-electron chi connectivity index (χ1n) is 6.50. The van der Waals surface area contributed by atoms with Crippen molar-refractivity contribution >= 4 is 0 Å². The number of hydrogen-bond donors (Lipinski definition) is 1. The quantitative estimate of drug-likeness (QED) is 0.710. The molecule has 104 valence electrons. The molecule has 0 saturated carbocycles. The first-order chi connectivity index (χ1) is 8.71. The zero-order valence-electron chi connectivity index (χ0n) is 11.6. The lowest BCUT2D eigenvalue weighted by molar-refractivity contribution is 0.182. The summed E-state index contributed by atoms with van der Waals surface area (Å²) in [4.78, 5) is 6.64. The van der Waals surface area contributed by atoms with E-state index in [1.807, 2.05) is 0 Å². The molecule has 0 fully saturated rings. The van der Waals surface area contributed by atoms with Crippen molar-refractivity contribution in [3.05, 3.63) is 11.7 Å². The summed E-state index contributed by atoms with van der Waals surface area (Å²) in [6, 6.07) is -0.236. The monoisotopic (exact) mass is 256 g/mol. The maximum absolute atomic E-state index is 5.92. The van der Waals surface area contributed by atoms with Crippen LogP contribution in [-0.2, 0) is 11.2 Å². The third-order valence-corrected chi connectivity index (χ3v) is 2.98. The number of nitrogens with two attached hydrogens (primary N) is 1. The van der Waals surface area contributed by atoms with Crippen LogP contribution in [0.3, 0.4) is 0 Å². The number of nitrogens with zero attached hydrogens (tertiary/aromatic N) is 3. The van der Waals surface area contributed by atoms with Gasteiger partial charge in [0.25, 0.3) is 0 Å². The highest BCUT2D eigenvalue weighted by Gasteiger charge is 2.14. The second-order valence-corrected chi connectivity index (χ2v) is 4.21. The molecule has 0 aliphatic heterocycles. The van der Waals surface area contributed by atoms with Crippen LogP contribution in [-0.4, -0.2) is 48.4 Å². The molecule has 1 atom stereocenters. The van der Waals surface area contributed by atoms with Gasteiger partial charge in [-0.2, -0.15) is 4.98 Å². The van der Waals surface area contributed by atoms with Crippen molar-refractivity contribution in [2.24, 2.45) is 5.73 Å². The SMILES string of the molecule is CCN(CC)CCc1noc(C(N)CCOC)n1. The van der Waals surface area contributed by atoms with Gasteiger partial charge in [0.2, 0.25) is 5.89 Å². The van der Waals surface area contributed by atoms with Crippen molar-refractivity contribution in [2.75, 3.05) is 33.4 Å². The van der Waals surface area contributed by atoms with Crippen molar-refractivity contribution in [1.82, 2.24) is 15.0 Å². The predicted molar refractivity (Wildman–Crippen MR) is 69.2 cm³/mol. The number of likely N-dealkylation sites (N-methyl/N-ethyl adjacent to an activating group) is 1. The first kappa shape index (κ1) is 15.1. The fourth-order valence-corrected chi connectivity index (χ4v) is 1.69. The average Bonchev–Trinajstić information content (AvgIpc) is 2.86. The number of hydrogen-bond acceptors (Lipinski definition) is 6. The molecule has 0 amide bonds. The molecule has 18 heavy (non-hydrogen) atoms. The highest BCUT2D eigenvalue weighted by atomic mass is 16.5. The molecule has 0 spiro atoms. The van der Waals surface area contributed by atoms with Crippen LogP contribution < -0.4 is 5.73 Å². The minimum absolute atomic E-state index is 0.236. The summed E-state index contributed by atoms with van der Waals surface area (Å²) < 4.78 is 10.1. The summed E-state index contributed by atoms with van der Waals surface area (Å²) in [5, 5.41) is 3.95. The van der Waals surface area contributed by atoms with E-state index in [1.54, 1.807) is 7.11 Å². The van der Waals surface area contributed by atoms with Gasteiger partial charge in [-0.15, -0.1) is 0 Å². The summed E-state index contributed by atoms with van der Waals surface area (Å²) >= 11 is 0. The van der Waals surface area contributed by atoms with Gasteiger partial charge in [-0.25, -0.2) is 0 Å². The Morgan fingerprint density at radius 2 is 2.11 bits per heavy atom. The highest BCUT2D eigenvalue weighted by molar-refractivity contribution is 4.92. The van der Waals surface area contributed by atoms with Crippen LogP contribution >= 0.6 is 0 Å². The highest BCUT2D eigenvalue weighted by Crippen LogP contribution is 2.11. The van der Waals surface area contributed by atoms with Gasteiger partial charge in [0.05, 0.1) is 6.04 Å². The van der Waals surface area contributed by atoms with Crippen molar-refractivity contribution in [3.63, 3.8) is 0 Å². The van der Waals surface area contributed by atoms with Crippen LogP contribution in [0, 0.1) is 0 Å². The maximum atomic E-state index is 5.92. The standard InChI is InChI=1S/C12H24N4O2/c1-4-16(5-2)8-6-11-14-12(18-15-11)10(13)7-9-17-3/h10H,4-9,13H2,1-3H3. The van der Waals surface area contributed by atoms with Crippen molar-refractivity contribution in [3.8, 4) is 0 Å². The van der Waals surface area contributed by atoms with Crippen LogP contribution in [0.25, 0.3) is 0 Å². The Hall–Kier alpha value is -0.980. The summed E-state index contributed by atoms with van der Waals surface area (Å²) in [5.74, 6) is 1.23. The molecule has 6 heteroatoms. The Morgan fingerprint density at radius 3 is 2.72 bits per heavy atom. The van der Waals surface area contributed by atoms with Crippen LogP contribution in [0.4, 0.5) is 0 Å². The second kappa shape index (κ2) is 8.18. The lowest BCUT2D eigenvalue weighted by Crippen LogP contribution is -2.25. The Labute approximate surface area is 108 Å². The third-order valence-electron chi connectivity index (χ3n) is 2.98. The number of aromatic nitrogens is 2. The molecule has 1 aromatic heterocycles. The molecule has 0 saturated heterocycles. The molecule has 1 rings (SSSR count). The Morgan fingerprint density at radius 1 is 1.39 bits per heavy atom. The normalized spacial score (nSPS) is 13.2. The molecular formula is C12H24N4O2. The fraction of sp³-hybridized carbons (Fsp3) is 0.833. The molecular weight excluding hydrogens is 232 g/mol. The lowest BCUT2D eigenvalue weighted by atomic mass is 10.2. The number of ether oxygens (including phenoxy) is 1. The van der Waals surface area contributed by atoms with E-state index in [4.69, 9.17) is 15.0 Å². The third kappa shape index (κ3) is 4.72. The van der Waals surface area contributed by atoms with Crippen molar-refractivity contribution < 1.29 is 9.26 Å². The van der Waals surface area contributed by atoms with Crippen molar-refractivity contribution in [2.45, 2.75) is 32.7 Å². The van der Waals surface area contributed by atoms with Crippen molar-refractivity contribution in [1.29, 1.82) is 0 Å². The van der Waals surface area contributed by atoms with Crippen LogP contribution in [0.15, 0.2) is 4.52 Å². The van der Waals surface area contributed by atoms with E-state index < -0.39 is 0 Å². The van der Waals surface area contributed by atoms with Gasteiger partial charge < -0.3 is 19.9 Å². The first-order valence-corrected chi connectivity index (χ1v) is 6.50. The number of methoxy groups -OCH3 is 1. The van der Waals surface area contributed by atoms with Gasteiger partial charge in [0, 0.05) is 26.7 Å². The second-order valence-electron chi connectivity index (χ2n) is 4.21. The van der Waals surface area contributed by atoms with Gasteiger partial charge in [0.15, 0.2) is 5.82 Å². The van der Waals surface area contributed by atoms with Gasteiger partial charge >= 0.3 is 0 Å². The van der Waals surface area contributed by atoms with Gasteiger partial charge in [-0.1, -0.05) is 19.0 Å². The Kier molecular flexibility index (Phi) is 6.85. The molecule has 2 N–H and O–H groups in total. The van der Waals surface area contributed by atoms with E-state index >= 15 is 0 Å². The Balaban J connectivity index is 2.42. The lowest BCUT2D eigenvalue weighted by Gasteiger charge is -2.16. The molecule has 6 nitrogen and oxygen atoms in total. The van der Waals surface area contributed by atoms with Gasteiger partial charge in [0.1, 0.15) is 0 Å². The molecule has 0 aliphatic rings. The molecule has 0 bridgehead atoms. The molecule has 1 heterocycles. The van der Waals surface area contributed by atoms with E-state index in [1.165, 1.54) is 0 Å². The number of rotatable bonds is 9. The zero-order valence-corrected chi connectivity index (χ0v) is 11.6. The van der Waals surface area contributed by atoms with Crippen LogP contribution in [0.5, 0.6) is 0 Å². The average molecular weight is 256 g/mol. The minimum atomic E-state index is -0.236. The van der Waals surface area contributed by atoms with E-state index in [-0.39, 0.29) is 6.04 Å². The van der Waals surface area contributed by atoms with Gasteiger partial charge in [-0.05, 0) is 19.5 Å². The summed E-state index contributed by atoms with van der Waals surface area (Å²) in [6.45, 7) is 7.90. The molecule has 0 aliphatic carbocycles. The largest absolute Gasteiger partial charge is 0.385 e. The van der Waals surface area contributed by atoms with Crippen LogP contribution in [0.1, 0.15) is 38.0 Å². The van der Waals surface area contributed by atoms with E-state index in [9.17, 15) is 0 Å². The van der Waals surface area contributed by atoms with E-state index in [2.05, 4.69) is 28.9 Å². The minimum Gasteiger partial charge on any atom is -0.385 e. The topological polar surface area (TPSA) is 77.4 Å². The summed E-state index contributed by atoms with van der Waals surface area (Å²) in [7, 11) is 1.65. The van der Waals surface area contributed by atoms with E-state index in [0.29, 0.717) is 18.9 Å². The Bertz CT molecular complexity index is 326. The molecule has 1 aromatic rings. The summed E-state index contributed by atoms with van der Waals surface area (Å²) in [5.41, 5.74) is 5.92. The molecule has 0 aromatic carbocycles. The van der Waals surface area contributed by atoms with Crippen LogP contribution in [0.2, 0.25) is 0 Å². The zero-order chi connectivity index (χ0) is 13.4. The molecule has 1 unspecified atom stereocenters.